The second kappa shape index (κ2) is 6.75. The average Bonchev–Trinajstić information content (AvgIpc) is 3.10. The molecule has 2 heterocycles. The van der Waals surface area contributed by atoms with Gasteiger partial charge in [-0.3, -0.25) is 4.79 Å². The Balaban J connectivity index is 1.73. The Morgan fingerprint density at radius 2 is 2.13 bits per heavy atom. The SMILES string of the molecule is COc1ccc(NC(=O)c2cnc(C3CCNC3)nc2C)cc1. The molecule has 120 valence electrons. The van der Waals surface area contributed by atoms with Gasteiger partial charge in [-0.2, -0.15) is 0 Å². The fraction of sp³-hybridized carbons (Fsp3) is 0.353. The van der Waals surface area contributed by atoms with Crippen LogP contribution in [-0.2, 0) is 0 Å². The number of carbonyl (C=O) groups is 1. The molecule has 1 aliphatic heterocycles. The van der Waals surface area contributed by atoms with Gasteiger partial charge >= 0.3 is 0 Å². The largest absolute Gasteiger partial charge is 0.497 e. The molecule has 3 rings (SSSR count). The van der Waals surface area contributed by atoms with Gasteiger partial charge in [-0.15, -0.1) is 0 Å². The summed E-state index contributed by atoms with van der Waals surface area (Å²) in [6.07, 6.45) is 2.66. The van der Waals surface area contributed by atoms with Crippen molar-refractivity contribution >= 4 is 11.6 Å². The third kappa shape index (κ3) is 3.48. The lowest BCUT2D eigenvalue weighted by Crippen LogP contribution is -2.17. The van der Waals surface area contributed by atoms with Crippen molar-refractivity contribution in [3.63, 3.8) is 0 Å². The van der Waals surface area contributed by atoms with Gasteiger partial charge in [-0.05, 0) is 44.2 Å². The van der Waals surface area contributed by atoms with E-state index in [1.54, 1.807) is 37.6 Å². The molecule has 1 atom stereocenters. The average molecular weight is 312 g/mol. The number of hydrogen-bond donors (Lipinski definition) is 2. The van der Waals surface area contributed by atoms with E-state index >= 15 is 0 Å². The van der Waals surface area contributed by atoms with E-state index in [4.69, 9.17) is 4.74 Å². The zero-order valence-electron chi connectivity index (χ0n) is 13.3. The molecule has 1 aliphatic rings. The second-order valence-corrected chi connectivity index (χ2v) is 5.60. The standard InChI is InChI=1S/C17H20N4O2/c1-11-15(10-19-16(20-11)12-7-8-18-9-12)17(22)21-13-3-5-14(23-2)6-4-13/h3-6,10,12,18H,7-9H2,1-2H3,(H,21,22). The van der Waals surface area contributed by atoms with E-state index < -0.39 is 0 Å². The third-order valence-electron chi connectivity index (χ3n) is 4.02. The molecule has 0 spiro atoms. The second-order valence-electron chi connectivity index (χ2n) is 5.60. The zero-order chi connectivity index (χ0) is 16.2. The van der Waals surface area contributed by atoms with Crippen LogP contribution >= 0.6 is 0 Å². The van der Waals surface area contributed by atoms with E-state index in [9.17, 15) is 4.79 Å². The van der Waals surface area contributed by atoms with Crippen molar-refractivity contribution in [3.05, 3.63) is 47.5 Å². The number of hydrogen-bond acceptors (Lipinski definition) is 5. The third-order valence-corrected chi connectivity index (χ3v) is 4.02. The number of nitrogens with one attached hydrogen (secondary N) is 2. The summed E-state index contributed by atoms with van der Waals surface area (Å²) in [6, 6.07) is 7.20. The quantitative estimate of drug-likeness (QED) is 0.904. The summed E-state index contributed by atoms with van der Waals surface area (Å²) < 4.78 is 5.10. The molecular weight excluding hydrogens is 292 g/mol. The fourth-order valence-electron chi connectivity index (χ4n) is 2.65. The lowest BCUT2D eigenvalue weighted by Gasteiger charge is -2.11. The normalized spacial score (nSPS) is 17.0. The summed E-state index contributed by atoms with van der Waals surface area (Å²) in [5.74, 6) is 1.70. The van der Waals surface area contributed by atoms with Crippen LogP contribution < -0.4 is 15.4 Å². The molecule has 0 aliphatic carbocycles. The predicted octanol–water partition coefficient (Wildman–Crippen LogP) is 2.12. The highest BCUT2D eigenvalue weighted by Crippen LogP contribution is 2.20. The number of methoxy groups -OCH3 is 1. The molecule has 6 heteroatoms. The molecule has 2 N–H and O–H groups in total. The number of rotatable bonds is 4. The summed E-state index contributed by atoms with van der Waals surface area (Å²) in [4.78, 5) is 21.3. The van der Waals surface area contributed by atoms with Crippen molar-refractivity contribution in [2.45, 2.75) is 19.3 Å². The Morgan fingerprint density at radius 3 is 2.74 bits per heavy atom. The van der Waals surface area contributed by atoms with Gasteiger partial charge in [0.2, 0.25) is 0 Å². The lowest BCUT2D eigenvalue weighted by molar-refractivity contribution is 0.102. The Bertz CT molecular complexity index is 694. The predicted molar refractivity (Wildman–Crippen MR) is 87.9 cm³/mol. The van der Waals surface area contributed by atoms with Crippen molar-refractivity contribution in [1.82, 2.24) is 15.3 Å². The number of aromatic nitrogens is 2. The minimum Gasteiger partial charge on any atom is -0.497 e. The van der Waals surface area contributed by atoms with Crippen LogP contribution in [0.3, 0.4) is 0 Å². The molecule has 0 bridgehead atoms. The number of amides is 1. The maximum Gasteiger partial charge on any atom is 0.259 e. The summed E-state index contributed by atoms with van der Waals surface area (Å²) in [7, 11) is 1.61. The smallest absolute Gasteiger partial charge is 0.259 e. The van der Waals surface area contributed by atoms with Crippen molar-refractivity contribution in [1.29, 1.82) is 0 Å². The molecule has 0 radical (unpaired) electrons. The number of aryl methyl sites for hydroxylation is 1. The van der Waals surface area contributed by atoms with Crippen LogP contribution in [0.1, 0.15) is 34.2 Å². The summed E-state index contributed by atoms with van der Waals surface area (Å²) in [5.41, 5.74) is 1.91. The summed E-state index contributed by atoms with van der Waals surface area (Å²) in [6.45, 7) is 3.74. The fourth-order valence-corrected chi connectivity index (χ4v) is 2.65. The first-order valence-corrected chi connectivity index (χ1v) is 7.67. The number of nitrogens with zero attached hydrogens (tertiary/aromatic N) is 2. The van der Waals surface area contributed by atoms with E-state index in [0.717, 1.165) is 31.1 Å². The highest BCUT2D eigenvalue weighted by atomic mass is 16.5. The Labute approximate surface area is 135 Å². The number of ether oxygens (including phenoxy) is 1. The van der Waals surface area contributed by atoms with Gasteiger partial charge in [0.1, 0.15) is 11.6 Å². The van der Waals surface area contributed by atoms with E-state index in [-0.39, 0.29) is 5.91 Å². The summed E-state index contributed by atoms with van der Waals surface area (Å²) >= 11 is 0. The molecular formula is C17H20N4O2. The Hall–Kier alpha value is -2.47. The maximum atomic E-state index is 12.4. The number of benzene rings is 1. The van der Waals surface area contributed by atoms with Gasteiger partial charge in [-0.1, -0.05) is 0 Å². The molecule has 1 fully saturated rings. The van der Waals surface area contributed by atoms with Crippen LogP contribution in [0.25, 0.3) is 0 Å². The highest BCUT2D eigenvalue weighted by Gasteiger charge is 2.21. The van der Waals surface area contributed by atoms with Crippen LogP contribution in [0.5, 0.6) is 5.75 Å². The van der Waals surface area contributed by atoms with Crippen LogP contribution in [-0.4, -0.2) is 36.1 Å². The van der Waals surface area contributed by atoms with Gasteiger partial charge in [-0.25, -0.2) is 9.97 Å². The molecule has 1 saturated heterocycles. The van der Waals surface area contributed by atoms with Crippen LogP contribution in [0.15, 0.2) is 30.5 Å². The topological polar surface area (TPSA) is 76.1 Å². The van der Waals surface area contributed by atoms with E-state index in [1.807, 2.05) is 6.92 Å². The number of carbonyl (C=O) groups excluding carboxylic acids is 1. The first kappa shape index (κ1) is 15.4. The molecule has 23 heavy (non-hydrogen) atoms. The molecule has 2 aromatic rings. The molecule has 1 unspecified atom stereocenters. The van der Waals surface area contributed by atoms with Crippen molar-refractivity contribution in [2.24, 2.45) is 0 Å². The monoisotopic (exact) mass is 312 g/mol. The molecule has 1 aromatic heterocycles. The highest BCUT2D eigenvalue weighted by molar-refractivity contribution is 6.04. The zero-order valence-corrected chi connectivity index (χ0v) is 13.3. The minimum absolute atomic E-state index is 0.205. The van der Waals surface area contributed by atoms with Crippen molar-refractivity contribution in [2.75, 3.05) is 25.5 Å². The Morgan fingerprint density at radius 1 is 1.35 bits per heavy atom. The first-order valence-electron chi connectivity index (χ1n) is 7.67. The van der Waals surface area contributed by atoms with Gasteiger partial charge < -0.3 is 15.4 Å². The van der Waals surface area contributed by atoms with E-state index in [0.29, 0.717) is 22.9 Å². The van der Waals surface area contributed by atoms with Crippen molar-refractivity contribution in [3.8, 4) is 5.75 Å². The van der Waals surface area contributed by atoms with E-state index in [1.165, 1.54) is 0 Å². The van der Waals surface area contributed by atoms with Crippen molar-refractivity contribution < 1.29 is 9.53 Å². The first-order chi connectivity index (χ1) is 11.2. The molecule has 1 amide bonds. The Kier molecular flexibility index (Phi) is 4.52. The van der Waals surface area contributed by atoms with E-state index in [2.05, 4.69) is 20.6 Å². The maximum absolute atomic E-state index is 12.4. The molecule has 6 nitrogen and oxygen atoms in total. The number of anilines is 1. The van der Waals surface area contributed by atoms with Gasteiger partial charge in [0, 0.05) is 24.3 Å². The van der Waals surface area contributed by atoms with Crippen LogP contribution in [0.2, 0.25) is 0 Å². The molecule has 1 aromatic carbocycles. The lowest BCUT2D eigenvalue weighted by atomic mass is 10.1. The minimum atomic E-state index is -0.205. The van der Waals surface area contributed by atoms with Crippen LogP contribution in [0.4, 0.5) is 5.69 Å². The molecule has 0 saturated carbocycles. The van der Waals surface area contributed by atoms with Gasteiger partial charge in [0.05, 0.1) is 18.4 Å². The van der Waals surface area contributed by atoms with Gasteiger partial charge in [0.15, 0.2) is 0 Å². The summed E-state index contributed by atoms with van der Waals surface area (Å²) in [5, 5.41) is 6.15. The van der Waals surface area contributed by atoms with Crippen LogP contribution in [0, 0.1) is 6.92 Å². The van der Waals surface area contributed by atoms with Gasteiger partial charge in [0.25, 0.3) is 5.91 Å².